The summed E-state index contributed by atoms with van der Waals surface area (Å²) in [6, 6.07) is 9.06. The standard InChI is InChI=1S/C19H27N3O.2ClH/c1-12-3-5-14(6-4-12)17-9-22(11-19(17)21-13(2)23)10-18-15-7-20-8-16(15)18;;/h3-6,15-20H,7-11H2,1-2H3,(H,21,23);2*1H/t15-,16+,17-,18?,19+;;/m0../s1. The van der Waals surface area contributed by atoms with E-state index in [4.69, 9.17) is 0 Å². The Morgan fingerprint density at radius 1 is 1.16 bits per heavy atom. The molecule has 1 saturated carbocycles. The molecular weight excluding hydrogens is 357 g/mol. The average Bonchev–Trinajstić information content (AvgIpc) is 2.89. The molecule has 6 heteroatoms. The third kappa shape index (κ3) is 4.30. The highest BCUT2D eigenvalue weighted by molar-refractivity contribution is 5.85. The maximum Gasteiger partial charge on any atom is 0.217 e. The maximum absolute atomic E-state index is 11.6. The summed E-state index contributed by atoms with van der Waals surface area (Å²) >= 11 is 0. The summed E-state index contributed by atoms with van der Waals surface area (Å²) in [4.78, 5) is 14.2. The molecule has 140 valence electrons. The van der Waals surface area contributed by atoms with Gasteiger partial charge < -0.3 is 15.5 Å². The number of likely N-dealkylation sites (tertiary alicyclic amines) is 1. The summed E-state index contributed by atoms with van der Waals surface area (Å²) in [5.41, 5.74) is 2.65. The van der Waals surface area contributed by atoms with Gasteiger partial charge >= 0.3 is 0 Å². The number of carbonyl (C=O) groups excluding carboxylic acids is 1. The van der Waals surface area contributed by atoms with Crippen LogP contribution in [0.4, 0.5) is 0 Å². The van der Waals surface area contributed by atoms with E-state index < -0.39 is 0 Å². The summed E-state index contributed by atoms with van der Waals surface area (Å²) in [6.07, 6.45) is 0. The molecule has 0 radical (unpaired) electrons. The van der Waals surface area contributed by atoms with Gasteiger partial charge in [-0.25, -0.2) is 0 Å². The Balaban J connectivity index is 0.00000113. The zero-order valence-electron chi connectivity index (χ0n) is 14.9. The van der Waals surface area contributed by atoms with Gasteiger partial charge in [0, 0.05) is 38.5 Å². The minimum absolute atomic E-state index is 0. The van der Waals surface area contributed by atoms with Gasteiger partial charge in [-0.05, 0) is 43.3 Å². The van der Waals surface area contributed by atoms with Crippen molar-refractivity contribution in [3.05, 3.63) is 35.4 Å². The molecule has 0 aromatic heterocycles. The molecule has 1 aliphatic carbocycles. The second-order valence-corrected chi connectivity index (χ2v) is 7.69. The van der Waals surface area contributed by atoms with Gasteiger partial charge in [0.15, 0.2) is 0 Å². The van der Waals surface area contributed by atoms with Gasteiger partial charge in [0.2, 0.25) is 5.91 Å². The van der Waals surface area contributed by atoms with E-state index in [9.17, 15) is 4.79 Å². The van der Waals surface area contributed by atoms with Crippen molar-refractivity contribution < 1.29 is 4.79 Å². The van der Waals surface area contributed by atoms with Crippen LogP contribution in [0.15, 0.2) is 24.3 Å². The Kier molecular flexibility index (Phi) is 6.77. The first-order chi connectivity index (χ1) is 11.1. The zero-order valence-corrected chi connectivity index (χ0v) is 16.5. The van der Waals surface area contributed by atoms with Crippen molar-refractivity contribution in [2.75, 3.05) is 32.7 Å². The van der Waals surface area contributed by atoms with Crippen molar-refractivity contribution in [3.63, 3.8) is 0 Å². The highest BCUT2D eigenvalue weighted by Crippen LogP contribution is 2.49. The van der Waals surface area contributed by atoms with Gasteiger partial charge in [-0.1, -0.05) is 29.8 Å². The largest absolute Gasteiger partial charge is 0.352 e. The fourth-order valence-electron chi connectivity index (χ4n) is 4.71. The quantitative estimate of drug-likeness (QED) is 0.834. The molecule has 2 aliphatic heterocycles. The van der Waals surface area contributed by atoms with Crippen LogP contribution in [0.25, 0.3) is 0 Å². The Labute approximate surface area is 162 Å². The van der Waals surface area contributed by atoms with Crippen molar-refractivity contribution in [3.8, 4) is 0 Å². The topological polar surface area (TPSA) is 44.4 Å². The second kappa shape index (κ2) is 8.26. The van der Waals surface area contributed by atoms with Gasteiger partial charge in [0.1, 0.15) is 0 Å². The molecule has 2 saturated heterocycles. The first-order valence-corrected chi connectivity index (χ1v) is 8.88. The number of nitrogens with zero attached hydrogens (tertiary/aromatic N) is 1. The molecule has 25 heavy (non-hydrogen) atoms. The number of benzene rings is 1. The fourth-order valence-corrected chi connectivity index (χ4v) is 4.71. The minimum atomic E-state index is 0. The van der Waals surface area contributed by atoms with Crippen molar-refractivity contribution in [2.45, 2.75) is 25.8 Å². The summed E-state index contributed by atoms with van der Waals surface area (Å²) in [6.45, 7) is 9.43. The van der Waals surface area contributed by atoms with Crippen LogP contribution >= 0.6 is 24.8 Å². The van der Waals surface area contributed by atoms with Gasteiger partial charge in [-0.15, -0.1) is 24.8 Å². The van der Waals surface area contributed by atoms with E-state index in [1.54, 1.807) is 6.92 Å². The average molecular weight is 386 g/mol. The van der Waals surface area contributed by atoms with Crippen molar-refractivity contribution in [1.29, 1.82) is 0 Å². The SMILES string of the molecule is CC(=O)N[C@@H]1CN(CC2[C@H]3CNC[C@@H]23)C[C@H]1c1ccc(C)cc1.Cl.Cl. The normalized spacial score (nSPS) is 33.1. The molecule has 4 rings (SSSR count). The van der Waals surface area contributed by atoms with Crippen LogP contribution in [0, 0.1) is 24.7 Å². The Morgan fingerprint density at radius 3 is 2.40 bits per heavy atom. The van der Waals surface area contributed by atoms with Crippen LogP contribution in [-0.4, -0.2) is 49.6 Å². The molecule has 0 spiro atoms. The molecule has 1 unspecified atom stereocenters. The van der Waals surface area contributed by atoms with Crippen LogP contribution < -0.4 is 10.6 Å². The lowest BCUT2D eigenvalue weighted by Crippen LogP contribution is -2.38. The van der Waals surface area contributed by atoms with Crippen LogP contribution in [0.2, 0.25) is 0 Å². The molecule has 5 atom stereocenters. The molecule has 1 aromatic rings. The number of rotatable bonds is 4. The lowest BCUT2D eigenvalue weighted by Gasteiger charge is -2.19. The molecule has 1 amide bonds. The fraction of sp³-hybridized carbons (Fsp3) is 0.632. The van der Waals surface area contributed by atoms with Gasteiger partial charge in [-0.3, -0.25) is 4.79 Å². The monoisotopic (exact) mass is 385 g/mol. The molecule has 1 aromatic carbocycles. The van der Waals surface area contributed by atoms with E-state index in [2.05, 4.69) is 46.7 Å². The predicted octanol–water partition coefficient (Wildman–Crippen LogP) is 2.21. The number of carbonyl (C=O) groups is 1. The maximum atomic E-state index is 11.6. The van der Waals surface area contributed by atoms with E-state index in [0.717, 1.165) is 30.8 Å². The molecule has 3 fully saturated rings. The highest BCUT2D eigenvalue weighted by atomic mass is 35.5. The smallest absolute Gasteiger partial charge is 0.217 e. The molecule has 4 nitrogen and oxygen atoms in total. The van der Waals surface area contributed by atoms with Gasteiger partial charge in [0.05, 0.1) is 0 Å². The van der Waals surface area contributed by atoms with E-state index >= 15 is 0 Å². The number of aryl methyl sites for hydroxylation is 1. The Bertz CT molecular complexity index is 585. The van der Waals surface area contributed by atoms with E-state index in [1.165, 1.54) is 30.8 Å². The molecule has 2 heterocycles. The molecule has 3 aliphatic rings. The van der Waals surface area contributed by atoms with Crippen LogP contribution in [0.1, 0.15) is 24.0 Å². The number of hydrogen-bond acceptors (Lipinski definition) is 3. The molecule has 2 N–H and O–H groups in total. The van der Waals surface area contributed by atoms with Crippen molar-refractivity contribution in [1.82, 2.24) is 15.5 Å². The first-order valence-electron chi connectivity index (χ1n) is 8.88. The number of hydrogen-bond donors (Lipinski definition) is 2. The van der Waals surface area contributed by atoms with Crippen LogP contribution in [-0.2, 0) is 4.79 Å². The van der Waals surface area contributed by atoms with E-state index in [-0.39, 0.29) is 36.8 Å². The van der Waals surface area contributed by atoms with E-state index in [0.29, 0.717) is 5.92 Å². The van der Waals surface area contributed by atoms with Crippen LogP contribution in [0.5, 0.6) is 0 Å². The summed E-state index contributed by atoms with van der Waals surface area (Å²) < 4.78 is 0. The number of amides is 1. The highest BCUT2D eigenvalue weighted by Gasteiger charge is 2.53. The lowest BCUT2D eigenvalue weighted by molar-refractivity contribution is -0.119. The summed E-state index contributed by atoms with van der Waals surface area (Å²) in [5, 5.41) is 6.66. The number of halogens is 2. The zero-order chi connectivity index (χ0) is 16.0. The Morgan fingerprint density at radius 2 is 1.80 bits per heavy atom. The lowest BCUT2D eigenvalue weighted by atomic mass is 9.93. The molecular formula is C19H29Cl2N3O. The van der Waals surface area contributed by atoms with Crippen LogP contribution in [0.3, 0.4) is 0 Å². The van der Waals surface area contributed by atoms with E-state index in [1.807, 2.05) is 0 Å². The van der Waals surface area contributed by atoms with Crippen molar-refractivity contribution in [2.24, 2.45) is 17.8 Å². The predicted molar refractivity (Wildman–Crippen MR) is 106 cm³/mol. The number of fused-ring (bicyclic) bond motifs is 1. The number of piperidine rings is 1. The third-order valence-corrected chi connectivity index (χ3v) is 6.03. The third-order valence-electron chi connectivity index (χ3n) is 6.03. The summed E-state index contributed by atoms with van der Waals surface area (Å²) in [5.74, 6) is 3.20. The molecule has 0 bridgehead atoms. The minimum Gasteiger partial charge on any atom is -0.352 e. The van der Waals surface area contributed by atoms with Gasteiger partial charge in [0.25, 0.3) is 0 Å². The van der Waals surface area contributed by atoms with Gasteiger partial charge in [-0.2, -0.15) is 0 Å². The number of nitrogens with one attached hydrogen (secondary N) is 2. The van der Waals surface area contributed by atoms with Crippen molar-refractivity contribution >= 4 is 30.7 Å². The summed E-state index contributed by atoms with van der Waals surface area (Å²) in [7, 11) is 0. The second-order valence-electron chi connectivity index (χ2n) is 7.69. The first kappa shape index (κ1) is 20.5. The Hall–Kier alpha value is -0.810.